The molecule has 1 amide bonds. The van der Waals surface area contributed by atoms with Crippen LogP contribution in [-0.2, 0) is 9.47 Å². The molecule has 5 rings (SSSR count). The highest BCUT2D eigenvalue weighted by molar-refractivity contribution is 6.32. The quantitative estimate of drug-likeness (QED) is 0.284. The molecular weight excluding hydrogens is 544 g/mol. The van der Waals surface area contributed by atoms with Crippen LogP contribution in [0, 0.1) is 0 Å². The number of amides is 1. The molecule has 0 bridgehead atoms. The zero-order valence-electron chi connectivity index (χ0n) is 22.7. The van der Waals surface area contributed by atoms with Crippen molar-refractivity contribution in [2.45, 2.75) is 6.92 Å². The summed E-state index contributed by atoms with van der Waals surface area (Å²) in [5.41, 5.74) is 4.40. The van der Waals surface area contributed by atoms with Crippen LogP contribution in [0.1, 0.15) is 38.1 Å². The number of benzene rings is 3. The Hall–Kier alpha value is -4.63. The molecule has 1 saturated heterocycles. The van der Waals surface area contributed by atoms with E-state index in [9.17, 15) is 14.4 Å². The largest absolute Gasteiger partial charge is 0.465 e. The zero-order valence-corrected chi connectivity index (χ0v) is 23.5. The molecule has 1 aliphatic rings. The van der Waals surface area contributed by atoms with Gasteiger partial charge in [-0.2, -0.15) is 5.10 Å². The van der Waals surface area contributed by atoms with Crippen LogP contribution in [0.5, 0.6) is 0 Å². The highest BCUT2D eigenvalue weighted by atomic mass is 35.5. The van der Waals surface area contributed by atoms with Crippen LogP contribution in [0.2, 0.25) is 5.02 Å². The Balaban J connectivity index is 1.30. The summed E-state index contributed by atoms with van der Waals surface area (Å²) in [6, 6.07) is 23.5. The van der Waals surface area contributed by atoms with Crippen LogP contribution in [-0.4, -0.2) is 72.4 Å². The lowest BCUT2D eigenvalue weighted by atomic mass is 10.1. The molecule has 210 valence electrons. The Morgan fingerprint density at radius 1 is 0.854 bits per heavy atom. The molecule has 3 aromatic carbocycles. The summed E-state index contributed by atoms with van der Waals surface area (Å²) in [5, 5.41) is 5.01. The highest BCUT2D eigenvalue weighted by Gasteiger charge is 2.23. The lowest BCUT2D eigenvalue weighted by molar-refractivity contribution is 0.0517. The van der Waals surface area contributed by atoms with Crippen LogP contribution >= 0.6 is 11.6 Å². The number of ether oxygens (including phenoxy) is 2. The topological polar surface area (TPSA) is 94.0 Å². The van der Waals surface area contributed by atoms with Gasteiger partial charge in [0.05, 0.1) is 35.7 Å². The van der Waals surface area contributed by atoms with Crippen molar-refractivity contribution in [2.24, 2.45) is 0 Å². The first-order valence-corrected chi connectivity index (χ1v) is 13.6. The molecule has 1 aromatic heterocycles. The van der Waals surface area contributed by atoms with E-state index in [2.05, 4.69) is 10.00 Å². The summed E-state index contributed by atoms with van der Waals surface area (Å²) in [4.78, 5) is 41.2. The lowest BCUT2D eigenvalue weighted by Crippen LogP contribution is -2.48. The van der Waals surface area contributed by atoms with Crippen molar-refractivity contribution in [3.63, 3.8) is 0 Å². The average Bonchev–Trinajstić information content (AvgIpc) is 3.46. The van der Waals surface area contributed by atoms with Gasteiger partial charge in [0.2, 0.25) is 0 Å². The van der Waals surface area contributed by atoms with Gasteiger partial charge < -0.3 is 19.3 Å². The Kier molecular flexibility index (Phi) is 8.35. The van der Waals surface area contributed by atoms with Crippen molar-refractivity contribution >= 4 is 35.1 Å². The molecule has 10 heteroatoms. The Bertz CT molecular complexity index is 1560. The van der Waals surface area contributed by atoms with E-state index in [0.29, 0.717) is 53.7 Å². The fraction of sp³-hybridized carbons (Fsp3) is 0.226. The van der Waals surface area contributed by atoms with Gasteiger partial charge in [0.15, 0.2) is 5.69 Å². The lowest BCUT2D eigenvalue weighted by Gasteiger charge is -2.36. The Morgan fingerprint density at radius 2 is 1.51 bits per heavy atom. The number of nitrogens with zero attached hydrogens (tertiary/aromatic N) is 4. The van der Waals surface area contributed by atoms with E-state index < -0.39 is 11.9 Å². The van der Waals surface area contributed by atoms with E-state index in [1.54, 1.807) is 48.0 Å². The molecule has 1 fully saturated rings. The minimum atomic E-state index is -0.497. The zero-order chi connectivity index (χ0) is 28.9. The first kappa shape index (κ1) is 27.9. The van der Waals surface area contributed by atoms with Crippen molar-refractivity contribution in [1.29, 1.82) is 0 Å². The Labute approximate surface area is 242 Å². The van der Waals surface area contributed by atoms with Gasteiger partial charge in [0.25, 0.3) is 5.91 Å². The van der Waals surface area contributed by atoms with E-state index in [-0.39, 0.29) is 18.2 Å². The first-order chi connectivity index (χ1) is 19.9. The average molecular weight is 573 g/mol. The van der Waals surface area contributed by atoms with Gasteiger partial charge in [-0.25, -0.2) is 14.3 Å². The summed E-state index contributed by atoms with van der Waals surface area (Å²) >= 11 is 6.46. The van der Waals surface area contributed by atoms with E-state index in [0.717, 1.165) is 11.3 Å². The summed E-state index contributed by atoms with van der Waals surface area (Å²) in [5.74, 6) is -0.999. The number of methoxy groups -OCH3 is 1. The molecule has 0 saturated carbocycles. The minimum Gasteiger partial charge on any atom is -0.465 e. The second-order valence-electron chi connectivity index (χ2n) is 9.39. The highest BCUT2D eigenvalue weighted by Crippen LogP contribution is 2.30. The maximum atomic E-state index is 13.0. The monoisotopic (exact) mass is 572 g/mol. The molecule has 0 spiro atoms. The predicted octanol–water partition coefficient (Wildman–Crippen LogP) is 5.12. The fourth-order valence-corrected chi connectivity index (χ4v) is 4.97. The number of hydrogen-bond acceptors (Lipinski definition) is 7. The second-order valence-corrected chi connectivity index (χ2v) is 9.80. The number of piperazine rings is 1. The summed E-state index contributed by atoms with van der Waals surface area (Å²) in [7, 11) is 1.33. The summed E-state index contributed by atoms with van der Waals surface area (Å²) in [6.45, 7) is 4.50. The molecule has 1 aliphatic heterocycles. The number of carbonyl (C=O) groups excluding carboxylic acids is 3. The van der Waals surface area contributed by atoms with Crippen molar-refractivity contribution in [2.75, 3.05) is 44.8 Å². The normalized spacial score (nSPS) is 13.1. The number of para-hydroxylation sites is 1. The van der Waals surface area contributed by atoms with Crippen molar-refractivity contribution in [1.82, 2.24) is 14.7 Å². The summed E-state index contributed by atoms with van der Waals surface area (Å²) in [6.07, 6.45) is 0. The van der Waals surface area contributed by atoms with Crippen LogP contribution in [0.15, 0.2) is 78.9 Å². The molecule has 41 heavy (non-hydrogen) atoms. The standard InChI is InChI=1S/C31H29ClN4O5/c1-3-41-31(39)26-20-28(36(33-26)27-7-5-4-6-25(27)32)21-12-14-24(15-13-21)34-16-18-35(19-17-34)29(37)22-8-10-23(11-9-22)30(38)40-2/h4-15,20H,3,16-19H2,1-2H3. The van der Waals surface area contributed by atoms with Gasteiger partial charge in [-0.3, -0.25) is 4.79 Å². The number of carbonyl (C=O) groups is 3. The number of esters is 2. The van der Waals surface area contributed by atoms with Crippen molar-refractivity contribution < 1.29 is 23.9 Å². The molecule has 0 aliphatic carbocycles. The Morgan fingerprint density at radius 3 is 2.15 bits per heavy atom. The molecule has 4 aromatic rings. The molecule has 0 N–H and O–H groups in total. The number of hydrogen-bond donors (Lipinski definition) is 0. The number of halogens is 1. The molecule has 9 nitrogen and oxygen atoms in total. The van der Waals surface area contributed by atoms with E-state index in [1.807, 2.05) is 47.4 Å². The van der Waals surface area contributed by atoms with Crippen LogP contribution in [0.4, 0.5) is 5.69 Å². The van der Waals surface area contributed by atoms with Gasteiger partial charge in [-0.1, -0.05) is 35.9 Å². The maximum absolute atomic E-state index is 13.0. The van der Waals surface area contributed by atoms with E-state index >= 15 is 0 Å². The third-order valence-corrected chi connectivity index (χ3v) is 7.24. The predicted molar refractivity (Wildman–Crippen MR) is 156 cm³/mol. The smallest absolute Gasteiger partial charge is 0.358 e. The van der Waals surface area contributed by atoms with Gasteiger partial charge in [-0.15, -0.1) is 0 Å². The fourth-order valence-electron chi connectivity index (χ4n) is 4.76. The van der Waals surface area contributed by atoms with Crippen LogP contribution < -0.4 is 4.90 Å². The third-order valence-electron chi connectivity index (χ3n) is 6.92. The minimum absolute atomic E-state index is 0.0679. The van der Waals surface area contributed by atoms with Crippen LogP contribution in [0.25, 0.3) is 16.9 Å². The van der Waals surface area contributed by atoms with Crippen molar-refractivity contribution in [3.05, 3.63) is 101 Å². The third kappa shape index (κ3) is 5.95. The molecule has 0 radical (unpaired) electrons. The number of anilines is 1. The second kappa shape index (κ2) is 12.3. The van der Waals surface area contributed by atoms with Crippen molar-refractivity contribution in [3.8, 4) is 16.9 Å². The van der Waals surface area contributed by atoms with Gasteiger partial charge in [0.1, 0.15) is 0 Å². The van der Waals surface area contributed by atoms with Crippen LogP contribution in [0.3, 0.4) is 0 Å². The van der Waals surface area contributed by atoms with E-state index in [4.69, 9.17) is 21.1 Å². The SMILES string of the molecule is CCOC(=O)c1cc(-c2ccc(N3CCN(C(=O)c4ccc(C(=O)OC)cc4)CC3)cc2)n(-c2ccccc2Cl)n1. The van der Waals surface area contributed by atoms with E-state index in [1.165, 1.54) is 7.11 Å². The first-order valence-electron chi connectivity index (χ1n) is 13.2. The van der Waals surface area contributed by atoms with Gasteiger partial charge in [0, 0.05) is 43.0 Å². The van der Waals surface area contributed by atoms with Gasteiger partial charge in [-0.05, 0) is 61.5 Å². The maximum Gasteiger partial charge on any atom is 0.358 e. The number of aromatic nitrogens is 2. The molecule has 2 heterocycles. The number of rotatable bonds is 7. The molecule has 0 atom stereocenters. The van der Waals surface area contributed by atoms with Gasteiger partial charge >= 0.3 is 11.9 Å². The molecular formula is C31H29ClN4O5. The molecule has 0 unspecified atom stereocenters. The summed E-state index contributed by atoms with van der Waals surface area (Å²) < 4.78 is 11.5.